The third kappa shape index (κ3) is 6.82. The highest BCUT2D eigenvalue weighted by Gasteiger charge is 2.15. The SMILES string of the molecule is CC(C)(C)CCN(CC(N)=O)Cc1ccc(N)cc1. The summed E-state index contributed by atoms with van der Waals surface area (Å²) in [5, 5.41) is 0. The molecule has 4 N–H and O–H groups in total. The van der Waals surface area contributed by atoms with Gasteiger partial charge in [0.15, 0.2) is 0 Å². The predicted octanol–water partition coefficient (Wildman–Crippen LogP) is 1.99. The lowest BCUT2D eigenvalue weighted by Crippen LogP contribution is -2.35. The second-order valence-corrected chi connectivity index (χ2v) is 6.23. The molecule has 0 saturated heterocycles. The van der Waals surface area contributed by atoms with E-state index in [9.17, 15) is 4.79 Å². The van der Waals surface area contributed by atoms with E-state index in [2.05, 4.69) is 25.7 Å². The number of nitrogens with zero attached hydrogens (tertiary/aromatic N) is 1. The van der Waals surface area contributed by atoms with Crippen LogP contribution in [0, 0.1) is 5.41 Å². The molecule has 1 aromatic carbocycles. The zero-order valence-corrected chi connectivity index (χ0v) is 12.1. The predicted molar refractivity (Wildman–Crippen MR) is 79.4 cm³/mol. The zero-order valence-electron chi connectivity index (χ0n) is 12.1. The van der Waals surface area contributed by atoms with Gasteiger partial charge in [-0.1, -0.05) is 32.9 Å². The molecule has 0 heterocycles. The average molecular weight is 263 g/mol. The third-order valence-corrected chi connectivity index (χ3v) is 2.94. The summed E-state index contributed by atoms with van der Waals surface area (Å²) in [5.41, 5.74) is 13.1. The monoisotopic (exact) mass is 263 g/mol. The van der Waals surface area contributed by atoms with Crippen LogP contribution in [0.4, 0.5) is 5.69 Å². The van der Waals surface area contributed by atoms with Gasteiger partial charge in [-0.05, 0) is 36.1 Å². The number of nitrogen functional groups attached to an aromatic ring is 1. The van der Waals surface area contributed by atoms with Gasteiger partial charge in [0.1, 0.15) is 0 Å². The Morgan fingerprint density at radius 2 is 1.79 bits per heavy atom. The second kappa shape index (κ2) is 6.57. The number of hydrogen-bond donors (Lipinski definition) is 2. The first-order valence-electron chi connectivity index (χ1n) is 6.61. The first-order chi connectivity index (χ1) is 8.76. The van der Waals surface area contributed by atoms with Crippen LogP contribution in [0.3, 0.4) is 0 Å². The van der Waals surface area contributed by atoms with Crippen LogP contribution in [0.5, 0.6) is 0 Å². The van der Waals surface area contributed by atoms with Crippen LogP contribution < -0.4 is 11.5 Å². The van der Waals surface area contributed by atoms with Gasteiger partial charge in [-0.2, -0.15) is 0 Å². The first-order valence-corrected chi connectivity index (χ1v) is 6.61. The van der Waals surface area contributed by atoms with Crippen molar-refractivity contribution in [3.63, 3.8) is 0 Å². The fourth-order valence-corrected chi connectivity index (χ4v) is 1.81. The number of rotatable bonds is 6. The van der Waals surface area contributed by atoms with Crippen LogP contribution in [0.25, 0.3) is 0 Å². The van der Waals surface area contributed by atoms with E-state index in [0.717, 1.165) is 30.8 Å². The third-order valence-electron chi connectivity index (χ3n) is 2.94. The lowest BCUT2D eigenvalue weighted by molar-refractivity contribution is -0.119. The summed E-state index contributed by atoms with van der Waals surface area (Å²) in [6.07, 6.45) is 1.02. The van der Waals surface area contributed by atoms with Gasteiger partial charge in [-0.15, -0.1) is 0 Å². The normalized spacial score (nSPS) is 11.8. The number of carbonyl (C=O) groups excluding carboxylic acids is 1. The Balaban J connectivity index is 2.63. The lowest BCUT2D eigenvalue weighted by Gasteiger charge is -2.26. The van der Waals surface area contributed by atoms with Gasteiger partial charge in [-0.25, -0.2) is 0 Å². The molecule has 0 atom stereocenters. The van der Waals surface area contributed by atoms with E-state index in [1.807, 2.05) is 24.3 Å². The highest BCUT2D eigenvalue weighted by molar-refractivity contribution is 5.75. The maximum atomic E-state index is 11.1. The van der Waals surface area contributed by atoms with Gasteiger partial charge in [0.05, 0.1) is 6.54 Å². The summed E-state index contributed by atoms with van der Waals surface area (Å²) in [6, 6.07) is 7.73. The van der Waals surface area contributed by atoms with Crippen molar-refractivity contribution in [3.05, 3.63) is 29.8 Å². The van der Waals surface area contributed by atoms with Crippen LogP contribution >= 0.6 is 0 Å². The van der Waals surface area contributed by atoms with E-state index < -0.39 is 0 Å². The fraction of sp³-hybridized carbons (Fsp3) is 0.533. The van der Waals surface area contributed by atoms with Crippen LogP contribution in [0.15, 0.2) is 24.3 Å². The summed E-state index contributed by atoms with van der Waals surface area (Å²) in [7, 11) is 0. The van der Waals surface area contributed by atoms with Crippen molar-refractivity contribution in [3.8, 4) is 0 Å². The minimum atomic E-state index is -0.288. The number of benzene rings is 1. The molecule has 0 unspecified atom stereocenters. The minimum Gasteiger partial charge on any atom is -0.399 e. The Kier molecular flexibility index (Phi) is 5.36. The Morgan fingerprint density at radius 3 is 2.26 bits per heavy atom. The molecule has 0 aliphatic heterocycles. The molecule has 0 fully saturated rings. The summed E-state index contributed by atoms with van der Waals surface area (Å²) in [6.45, 7) is 8.45. The largest absolute Gasteiger partial charge is 0.399 e. The van der Waals surface area contributed by atoms with Crippen molar-refractivity contribution in [2.75, 3.05) is 18.8 Å². The van der Waals surface area contributed by atoms with Gasteiger partial charge in [0, 0.05) is 12.2 Å². The highest BCUT2D eigenvalue weighted by atomic mass is 16.1. The molecule has 106 valence electrons. The molecule has 19 heavy (non-hydrogen) atoms. The van der Waals surface area contributed by atoms with Gasteiger partial charge in [0.25, 0.3) is 0 Å². The molecule has 4 heteroatoms. The molecular formula is C15H25N3O. The van der Waals surface area contributed by atoms with Crippen molar-refractivity contribution in [2.45, 2.75) is 33.7 Å². The molecule has 0 spiro atoms. The molecule has 0 aliphatic carbocycles. The number of amides is 1. The smallest absolute Gasteiger partial charge is 0.231 e. The van der Waals surface area contributed by atoms with Crippen molar-refractivity contribution in [2.24, 2.45) is 11.1 Å². The van der Waals surface area contributed by atoms with E-state index in [1.54, 1.807) is 0 Å². The van der Waals surface area contributed by atoms with Gasteiger partial charge >= 0.3 is 0 Å². The Bertz CT molecular complexity index is 406. The fourth-order valence-electron chi connectivity index (χ4n) is 1.81. The number of hydrogen-bond acceptors (Lipinski definition) is 3. The highest BCUT2D eigenvalue weighted by Crippen LogP contribution is 2.19. The van der Waals surface area contributed by atoms with Gasteiger partial charge in [-0.3, -0.25) is 9.69 Å². The number of nitrogens with two attached hydrogens (primary N) is 2. The maximum absolute atomic E-state index is 11.1. The maximum Gasteiger partial charge on any atom is 0.231 e. The minimum absolute atomic E-state index is 0.247. The summed E-state index contributed by atoms with van der Waals surface area (Å²) >= 11 is 0. The quantitative estimate of drug-likeness (QED) is 0.771. The van der Waals surface area contributed by atoms with Crippen LogP contribution in [-0.2, 0) is 11.3 Å². The van der Waals surface area contributed by atoms with Crippen LogP contribution in [0.2, 0.25) is 0 Å². The zero-order chi connectivity index (χ0) is 14.5. The van der Waals surface area contributed by atoms with Crippen molar-refractivity contribution in [1.29, 1.82) is 0 Å². The molecule has 0 aromatic heterocycles. The number of primary amides is 1. The second-order valence-electron chi connectivity index (χ2n) is 6.23. The van der Waals surface area contributed by atoms with E-state index in [0.29, 0.717) is 6.54 Å². The topological polar surface area (TPSA) is 72.3 Å². The summed E-state index contributed by atoms with van der Waals surface area (Å²) < 4.78 is 0. The van der Waals surface area contributed by atoms with E-state index in [4.69, 9.17) is 11.5 Å². The first kappa shape index (κ1) is 15.5. The van der Waals surface area contributed by atoms with Gasteiger partial charge < -0.3 is 11.5 Å². The van der Waals surface area contributed by atoms with Crippen LogP contribution in [-0.4, -0.2) is 23.9 Å². The Hall–Kier alpha value is -1.55. The van der Waals surface area contributed by atoms with Crippen molar-refractivity contribution in [1.82, 2.24) is 4.90 Å². The average Bonchev–Trinajstić information content (AvgIpc) is 2.27. The van der Waals surface area contributed by atoms with Crippen LogP contribution in [0.1, 0.15) is 32.8 Å². The molecule has 4 nitrogen and oxygen atoms in total. The van der Waals surface area contributed by atoms with E-state index in [-0.39, 0.29) is 11.3 Å². The molecule has 1 amide bonds. The van der Waals surface area contributed by atoms with Crippen molar-refractivity contribution >= 4 is 11.6 Å². The molecule has 1 aromatic rings. The molecule has 0 aliphatic rings. The Labute approximate surface area is 115 Å². The number of anilines is 1. The Morgan fingerprint density at radius 1 is 1.21 bits per heavy atom. The summed E-state index contributed by atoms with van der Waals surface area (Å²) in [5.74, 6) is -0.288. The molecule has 0 bridgehead atoms. The van der Waals surface area contributed by atoms with Gasteiger partial charge in [0.2, 0.25) is 5.91 Å². The molecule has 1 rings (SSSR count). The molecular weight excluding hydrogens is 238 g/mol. The molecule has 0 radical (unpaired) electrons. The van der Waals surface area contributed by atoms with Crippen molar-refractivity contribution < 1.29 is 4.79 Å². The summed E-state index contributed by atoms with van der Waals surface area (Å²) in [4.78, 5) is 13.2. The standard InChI is InChI=1S/C15H25N3O/c1-15(2,3)8-9-18(11-14(17)19)10-12-4-6-13(16)7-5-12/h4-7H,8-11,16H2,1-3H3,(H2,17,19). The van der Waals surface area contributed by atoms with E-state index >= 15 is 0 Å². The lowest BCUT2D eigenvalue weighted by atomic mass is 9.92. The number of carbonyl (C=O) groups is 1. The van der Waals surface area contributed by atoms with E-state index in [1.165, 1.54) is 0 Å². The molecule has 0 saturated carbocycles.